The van der Waals surface area contributed by atoms with E-state index in [0.29, 0.717) is 10.9 Å². The number of benzene rings is 2. The minimum Gasteiger partial charge on any atom is -0.454 e. The lowest BCUT2D eigenvalue weighted by Gasteiger charge is -2.12. The summed E-state index contributed by atoms with van der Waals surface area (Å²) in [7, 11) is 0. The number of hydrogen-bond donors (Lipinski definition) is 0. The van der Waals surface area contributed by atoms with Gasteiger partial charge in [-0.05, 0) is 55.2 Å². The van der Waals surface area contributed by atoms with Gasteiger partial charge >= 0.3 is 12.6 Å². The smallest absolute Gasteiger partial charge is 0.387 e. The van der Waals surface area contributed by atoms with Crippen molar-refractivity contribution in [2.75, 3.05) is 6.61 Å². The Morgan fingerprint density at radius 3 is 2.55 bits per heavy atom. The fraction of sp³-hybridized carbons (Fsp3) is 0.227. The number of ketones is 1. The summed E-state index contributed by atoms with van der Waals surface area (Å²) in [6, 6.07) is 12.6. The highest BCUT2D eigenvalue weighted by atomic mass is 19.3. The number of halogens is 2. The zero-order valence-electron chi connectivity index (χ0n) is 15.4. The number of ether oxygens (including phenoxy) is 2. The van der Waals surface area contributed by atoms with E-state index in [1.54, 1.807) is 0 Å². The molecule has 0 saturated heterocycles. The number of hydrogen-bond acceptors (Lipinski definition) is 5. The van der Waals surface area contributed by atoms with Crippen molar-refractivity contribution in [3.8, 4) is 5.75 Å². The van der Waals surface area contributed by atoms with Crippen LogP contribution in [0.2, 0.25) is 0 Å². The maximum absolute atomic E-state index is 12.8. The van der Waals surface area contributed by atoms with Crippen LogP contribution in [0, 0.1) is 0 Å². The van der Waals surface area contributed by atoms with Crippen molar-refractivity contribution in [1.29, 1.82) is 0 Å². The Balaban J connectivity index is 1.51. The molecule has 0 bridgehead atoms. The number of nitrogens with zero attached hydrogens (tertiary/aromatic N) is 1. The number of alkyl halides is 2. The lowest BCUT2D eigenvalue weighted by Crippen LogP contribution is -2.16. The van der Waals surface area contributed by atoms with Crippen molar-refractivity contribution in [3.63, 3.8) is 0 Å². The highest BCUT2D eigenvalue weighted by Crippen LogP contribution is 2.30. The van der Waals surface area contributed by atoms with Gasteiger partial charge in [-0.15, -0.1) is 0 Å². The lowest BCUT2D eigenvalue weighted by atomic mass is 10.0. The van der Waals surface area contributed by atoms with Crippen molar-refractivity contribution in [1.82, 2.24) is 4.98 Å². The van der Waals surface area contributed by atoms with Crippen LogP contribution in [0.15, 0.2) is 48.5 Å². The van der Waals surface area contributed by atoms with Crippen molar-refractivity contribution in [3.05, 3.63) is 70.9 Å². The Morgan fingerprint density at radius 2 is 1.79 bits per heavy atom. The zero-order valence-corrected chi connectivity index (χ0v) is 15.4. The van der Waals surface area contributed by atoms with Crippen LogP contribution in [-0.2, 0) is 17.6 Å². The molecule has 0 N–H and O–H groups in total. The van der Waals surface area contributed by atoms with Crippen molar-refractivity contribution < 1.29 is 27.8 Å². The van der Waals surface area contributed by atoms with E-state index < -0.39 is 25.0 Å². The van der Waals surface area contributed by atoms with Gasteiger partial charge in [-0.25, -0.2) is 4.79 Å². The number of aryl methyl sites for hydroxylation is 1. The first-order valence-corrected chi connectivity index (χ1v) is 9.18. The highest BCUT2D eigenvalue weighted by molar-refractivity contribution is 6.06. The van der Waals surface area contributed by atoms with Gasteiger partial charge in [0, 0.05) is 16.6 Å². The lowest BCUT2D eigenvalue weighted by molar-refractivity contribution is -0.0498. The third-order valence-electron chi connectivity index (χ3n) is 4.86. The molecule has 148 valence electrons. The standard InChI is InChI=1S/C22H17F2NO4/c23-22(24)29-14-10-8-13(9-11-14)19(26)12-28-21(27)20-15-4-1-2-6-17(15)25-18-7-3-5-16(18)20/h1-2,4,6,8-11,22H,3,5,7,12H2. The molecule has 0 fully saturated rings. The summed E-state index contributed by atoms with van der Waals surface area (Å²) in [4.78, 5) is 29.8. The van der Waals surface area contributed by atoms with Gasteiger partial charge < -0.3 is 9.47 Å². The first kappa shape index (κ1) is 19.0. The molecule has 2 aromatic carbocycles. The van der Waals surface area contributed by atoms with Gasteiger partial charge in [-0.1, -0.05) is 18.2 Å². The average molecular weight is 397 g/mol. The van der Waals surface area contributed by atoms with Gasteiger partial charge in [-0.2, -0.15) is 8.78 Å². The largest absolute Gasteiger partial charge is 0.454 e. The fourth-order valence-corrected chi connectivity index (χ4v) is 3.55. The fourth-order valence-electron chi connectivity index (χ4n) is 3.55. The molecule has 7 heteroatoms. The molecule has 4 rings (SSSR count). The maximum atomic E-state index is 12.8. The minimum absolute atomic E-state index is 0.0487. The third kappa shape index (κ3) is 3.94. The van der Waals surface area contributed by atoms with Gasteiger partial charge in [0.25, 0.3) is 0 Å². The highest BCUT2D eigenvalue weighted by Gasteiger charge is 2.25. The Labute approximate surface area is 165 Å². The Hall–Kier alpha value is -3.35. The van der Waals surface area contributed by atoms with Gasteiger partial charge in [0.2, 0.25) is 0 Å². The van der Waals surface area contributed by atoms with E-state index in [0.717, 1.165) is 36.0 Å². The van der Waals surface area contributed by atoms with Gasteiger partial charge in [0.05, 0.1) is 11.1 Å². The number of pyridine rings is 1. The van der Waals surface area contributed by atoms with E-state index in [1.165, 1.54) is 24.3 Å². The van der Waals surface area contributed by atoms with Crippen LogP contribution in [0.25, 0.3) is 10.9 Å². The average Bonchev–Trinajstić information content (AvgIpc) is 3.18. The van der Waals surface area contributed by atoms with E-state index >= 15 is 0 Å². The van der Waals surface area contributed by atoms with Crippen LogP contribution in [0.5, 0.6) is 5.75 Å². The second-order valence-electron chi connectivity index (χ2n) is 6.68. The van der Waals surface area contributed by atoms with E-state index in [1.807, 2.05) is 24.3 Å². The molecule has 0 radical (unpaired) electrons. The molecule has 5 nitrogen and oxygen atoms in total. The molecular weight excluding hydrogens is 380 g/mol. The molecule has 1 aromatic heterocycles. The number of esters is 1. The number of carbonyl (C=O) groups is 2. The second kappa shape index (κ2) is 7.95. The van der Waals surface area contributed by atoms with Crippen LogP contribution < -0.4 is 4.74 Å². The van der Waals surface area contributed by atoms with E-state index in [2.05, 4.69) is 9.72 Å². The van der Waals surface area contributed by atoms with Gasteiger partial charge in [-0.3, -0.25) is 9.78 Å². The molecule has 0 aliphatic heterocycles. The summed E-state index contributed by atoms with van der Waals surface area (Å²) < 4.78 is 34.0. The molecule has 0 saturated carbocycles. The molecule has 0 atom stereocenters. The topological polar surface area (TPSA) is 65.5 Å². The molecule has 0 amide bonds. The SMILES string of the molecule is O=C(COC(=O)c1c2c(nc3ccccc13)CCC2)c1ccc(OC(F)F)cc1. The molecule has 1 aliphatic carbocycles. The molecule has 1 aliphatic rings. The van der Waals surface area contributed by atoms with Crippen LogP contribution in [-0.4, -0.2) is 30.0 Å². The maximum Gasteiger partial charge on any atom is 0.387 e. The molecule has 29 heavy (non-hydrogen) atoms. The van der Waals surface area contributed by atoms with Gasteiger partial charge in [0.1, 0.15) is 5.75 Å². The third-order valence-corrected chi connectivity index (χ3v) is 4.86. The van der Waals surface area contributed by atoms with E-state index in [4.69, 9.17) is 4.74 Å². The summed E-state index contributed by atoms with van der Waals surface area (Å²) in [6.07, 6.45) is 2.48. The molecule has 0 unspecified atom stereocenters. The normalized spacial score (nSPS) is 12.8. The van der Waals surface area contributed by atoms with Crippen LogP contribution in [0.4, 0.5) is 8.78 Å². The van der Waals surface area contributed by atoms with Crippen molar-refractivity contribution >= 4 is 22.7 Å². The number of para-hydroxylation sites is 1. The first-order chi connectivity index (χ1) is 14.0. The van der Waals surface area contributed by atoms with E-state index in [-0.39, 0.29) is 11.3 Å². The summed E-state index contributed by atoms with van der Waals surface area (Å²) in [5, 5.41) is 0.707. The van der Waals surface area contributed by atoms with Crippen LogP contribution >= 0.6 is 0 Å². The molecular formula is C22H17F2NO4. The summed E-state index contributed by atoms with van der Waals surface area (Å²) in [6.45, 7) is -3.38. The molecule has 0 spiro atoms. The number of Topliss-reactive ketones (excluding diaryl/α,β-unsaturated/α-hetero) is 1. The van der Waals surface area contributed by atoms with Crippen LogP contribution in [0.3, 0.4) is 0 Å². The second-order valence-corrected chi connectivity index (χ2v) is 6.68. The van der Waals surface area contributed by atoms with E-state index in [9.17, 15) is 18.4 Å². The number of carbonyl (C=O) groups excluding carboxylic acids is 2. The summed E-state index contributed by atoms with van der Waals surface area (Å²) in [5.74, 6) is -1.04. The Bertz CT molecular complexity index is 1080. The Morgan fingerprint density at radius 1 is 1.03 bits per heavy atom. The number of rotatable bonds is 6. The summed E-state index contributed by atoms with van der Waals surface area (Å²) in [5.41, 5.74) is 3.22. The predicted molar refractivity (Wildman–Crippen MR) is 101 cm³/mol. The summed E-state index contributed by atoms with van der Waals surface area (Å²) >= 11 is 0. The van der Waals surface area contributed by atoms with Crippen LogP contribution in [0.1, 0.15) is 38.4 Å². The zero-order chi connectivity index (χ0) is 20.4. The Kier molecular flexibility index (Phi) is 5.20. The quantitative estimate of drug-likeness (QED) is 0.457. The minimum atomic E-state index is -2.94. The number of fused-ring (bicyclic) bond motifs is 2. The molecule has 3 aromatic rings. The monoisotopic (exact) mass is 397 g/mol. The van der Waals surface area contributed by atoms with Gasteiger partial charge in [0.15, 0.2) is 12.4 Å². The molecule has 1 heterocycles. The first-order valence-electron chi connectivity index (χ1n) is 9.18. The van der Waals surface area contributed by atoms with Crippen molar-refractivity contribution in [2.45, 2.75) is 25.9 Å². The predicted octanol–water partition coefficient (Wildman–Crippen LogP) is 4.36. The van der Waals surface area contributed by atoms with Crippen molar-refractivity contribution in [2.24, 2.45) is 0 Å². The number of aromatic nitrogens is 1.